The first-order valence-electron chi connectivity index (χ1n) is 8.67. The molecule has 1 heterocycles. The maximum absolute atomic E-state index is 8.69. The number of hydrogen-bond donors (Lipinski definition) is 0. The van der Waals surface area contributed by atoms with E-state index in [0.29, 0.717) is 6.42 Å². The van der Waals surface area contributed by atoms with Crippen LogP contribution in [0.3, 0.4) is 0 Å². The van der Waals surface area contributed by atoms with E-state index in [2.05, 4.69) is 28.7 Å². The summed E-state index contributed by atoms with van der Waals surface area (Å²) in [6, 6.07) is 2.21. The van der Waals surface area contributed by atoms with Crippen molar-refractivity contribution in [1.29, 1.82) is 5.26 Å². The molecule has 0 aromatic carbocycles. The molecule has 118 valence electrons. The van der Waals surface area contributed by atoms with Crippen molar-refractivity contribution >= 4 is 0 Å². The molecule has 0 aliphatic rings. The summed E-state index contributed by atoms with van der Waals surface area (Å²) in [5.74, 6) is 1.16. The van der Waals surface area contributed by atoms with Gasteiger partial charge in [0, 0.05) is 19.2 Å². The Morgan fingerprint density at radius 3 is 2.29 bits per heavy atom. The topological polar surface area (TPSA) is 41.6 Å². The Hall–Kier alpha value is -1.30. The number of rotatable bonds is 12. The highest BCUT2D eigenvalue weighted by Gasteiger charge is 2.05. The molecule has 0 spiro atoms. The highest BCUT2D eigenvalue weighted by atomic mass is 15.1. The van der Waals surface area contributed by atoms with Crippen LogP contribution in [0, 0.1) is 18.3 Å². The average molecular weight is 289 g/mol. The lowest BCUT2D eigenvalue weighted by Gasteiger charge is -2.05. The maximum atomic E-state index is 8.69. The fourth-order valence-electron chi connectivity index (χ4n) is 2.75. The van der Waals surface area contributed by atoms with Crippen LogP contribution in [0.25, 0.3) is 0 Å². The smallest absolute Gasteiger partial charge is 0.108 e. The normalized spacial score (nSPS) is 10.7. The van der Waals surface area contributed by atoms with Crippen LogP contribution in [-0.2, 0) is 13.0 Å². The van der Waals surface area contributed by atoms with Gasteiger partial charge in [-0.15, -0.1) is 0 Å². The van der Waals surface area contributed by atoms with Crippen molar-refractivity contribution in [2.75, 3.05) is 0 Å². The maximum Gasteiger partial charge on any atom is 0.108 e. The minimum Gasteiger partial charge on any atom is -0.334 e. The molecule has 0 bridgehead atoms. The van der Waals surface area contributed by atoms with E-state index in [1.54, 1.807) is 0 Å². The molecule has 0 saturated carbocycles. The van der Waals surface area contributed by atoms with Crippen molar-refractivity contribution in [2.45, 2.75) is 91.0 Å². The minimum absolute atomic E-state index is 0.570. The molecule has 1 aromatic rings. The predicted molar refractivity (Wildman–Crippen MR) is 88.1 cm³/mol. The van der Waals surface area contributed by atoms with Gasteiger partial charge in [-0.2, -0.15) is 5.26 Å². The van der Waals surface area contributed by atoms with Crippen molar-refractivity contribution in [2.24, 2.45) is 0 Å². The highest BCUT2D eigenvalue weighted by molar-refractivity contribution is 5.02. The zero-order valence-electron chi connectivity index (χ0n) is 13.9. The number of aryl methyl sites for hydroxylation is 3. The number of hydrogen-bond acceptors (Lipinski definition) is 2. The molecule has 0 aliphatic heterocycles. The molecule has 3 nitrogen and oxygen atoms in total. The molecule has 0 fully saturated rings. The summed E-state index contributed by atoms with van der Waals surface area (Å²) in [6.45, 7) is 5.08. The van der Waals surface area contributed by atoms with Gasteiger partial charge < -0.3 is 4.57 Å². The SMILES string of the molecule is CCCCCCCCCCCc1nc(C)cn1CCC#N. The van der Waals surface area contributed by atoms with Crippen LogP contribution in [0.4, 0.5) is 0 Å². The fourth-order valence-corrected chi connectivity index (χ4v) is 2.75. The van der Waals surface area contributed by atoms with Crippen LogP contribution in [0.2, 0.25) is 0 Å². The Bertz CT molecular complexity index is 415. The van der Waals surface area contributed by atoms with Crippen molar-refractivity contribution < 1.29 is 0 Å². The third-order valence-electron chi connectivity index (χ3n) is 3.95. The van der Waals surface area contributed by atoms with E-state index in [1.165, 1.54) is 57.8 Å². The third kappa shape index (κ3) is 7.90. The molecule has 0 unspecified atom stereocenters. The molecule has 21 heavy (non-hydrogen) atoms. The van der Waals surface area contributed by atoms with Crippen LogP contribution in [0.1, 0.15) is 82.7 Å². The Balaban J connectivity index is 2.11. The lowest BCUT2D eigenvalue weighted by molar-refractivity contribution is 0.555. The summed E-state index contributed by atoms with van der Waals surface area (Å²) in [5.41, 5.74) is 1.07. The van der Waals surface area contributed by atoms with E-state index < -0.39 is 0 Å². The molecule has 3 heteroatoms. The zero-order valence-corrected chi connectivity index (χ0v) is 13.9. The van der Waals surface area contributed by atoms with Gasteiger partial charge in [0.15, 0.2) is 0 Å². The van der Waals surface area contributed by atoms with Crippen LogP contribution < -0.4 is 0 Å². The Morgan fingerprint density at radius 2 is 1.67 bits per heavy atom. The number of aromatic nitrogens is 2. The van der Waals surface area contributed by atoms with Crippen molar-refractivity contribution in [3.63, 3.8) is 0 Å². The first-order chi connectivity index (χ1) is 10.3. The van der Waals surface area contributed by atoms with E-state index >= 15 is 0 Å². The summed E-state index contributed by atoms with van der Waals surface area (Å²) in [4.78, 5) is 4.58. The lowest BCUT2D eigenvalue weighted by atomic mass is 10.1. The molecule has 1 rings (SSSR count). The van der Waals surface area contributed by atoms with Crippen molar-refractivity contribution in [3.8, 4) is 6.07 Å². The minimum atomic E-state index is 0.570. The molecule has 1 aromatic heterocycles. The van der Waals surface area contributed by atoms with Gasteiger partial charge in [-0.05, 0) is 13.3 Å². The van der Waals surface area contributed by atoms with Crippen LogP contribution in [0.15, 0.2) is 6.20 Å². The average Bonchev–Trinajstić information content (AvgIpc) is 2.83. The largest absolute Gasteiger partial charge is 0.334 e. The van der Waals surface area contributed by atoms with Crippen LogP contribution >= 0.6 is 0 Å². The molecular formula is C18H31N3. The summed E-state index contributed by atoms with van der Waals surface area (Å²) in [5, 5.41) is 8.69. The van der Waals surface area contributed by atoms with E-state index in [-0.39, 0.29) is 0 Å². The number of imidazole rings is 1. The van der Waals surface area contributed by atoms with E-state index in [4.69, 9.17) is 5.26 Å². The molecule has 0 atom stereocenters. The van der Waals surface area contributed by atoms with Crippen LogP contribution in [0.5, 0.6) is 0 Å². The predicted octanol–water partition coefficient (Wildman–Crippen LogP) is 5.18. The monoisotopic (exact) mass is 289 g/mol. The molecule has 0 aliphatic carbocycles. The van der Waals surface area contributed by atoms with Gasteiger partial charge in [-0.1, -0.05) is 58.3 Å². The molecular weight excluding hydrogens is 258 g/mol. The zero-order chi connectivity index (χ0) is 15.3. The summed E-state index contributed by atoms with van der Waals surface area (Å²) in [6.07, 6.45) is 15.9. The van der Waals surface area contributed by atoms with Gasteiger partial charge in [0.25, 0.3) is 0 Å². The second kappa shape index (κ2) is 11.4. The molecule has 0 N–H and O–H groups in total. The van der Waals surface area contributed by atoms with Crippen molar-refractivity contribution in [3.05, 3.63) is 17.7 Å². The standard InChI is InChI=1S/C18H31N3/c1-3-4-5-6-7-8-9-10-11-13-18-20-17(2)16-21(18)15-12-14-19/h16H,3-13,15H2,1-2H3. The first-order valence-corrected chi connectivity index (χ1v) is 8.67. The number of nitrogens with zero attached hydrogens (tertiary/aromatic N) is 3. The molecule has 0 saturated heterocycles. The van der Waals surface area contributed by atoms with E-state index in [9.17, 15) is 0 Å². The van der Waals surface area contributed by atoms with E-state index in [1.807, 2.05) is 6.92 Å². The summed E-state index contributed by atoms with van der Waals surface area (Å²) < 4.78 is 2.16. The quantitative estimate of drug-likeness (QED) is 0.498. The lowest BCUT2D eigenvalue weighted by Crippen LogP contribution is -2.02. The van der Waals surface area contributed by atoms with Gasteiger partial charge in [0.2, 0.25) is 0 Å². The number of unbranched alkanes of at least 4 members (excludes halogenated alkanes) is 8. The highest BCUT2D eigenvalue weighted by Crippen LogP contribution is 2.12. The Morgan fingerprint density at radius 1 is 1.05 bits per heavy atom. The number of nitriles is 1. The van der Waals surface area contributed by atoms with Crippen molar-refractivity contribution in [1.82, 2.24) is 9.55 Å². The van der Waals surface area contributed by atoms with Gasteiger partial charge >= 0.3 is 0 Å². The third-order valence-corrected chi connectivity index (χ3v) is 3.95. The molecule has 0 radical (unpaired) electrons. The van der Waals surface area contributed by atoms with Gasteiger partial charge in [0.1, 0.15) is 5.82 Å². The fraction of sp³-hybridized carbons (Fsp3) is 0.778. The molecule has 0 amide bonds. The second-order valence-electron chi connectivity index (χ2n) is 5.98. The van der Waals surface area contributed by atoms with Crippen LogP contribution in [-0.4, -0.2) is 9.55 Å². The van der Waals surface area contributed by atoms with Gasteiger partial charge in [0.05, 0.1) is 18.2 Å². The summed E-state index contributed by atoms with van der Waals surface area (Å²) in [7, 11) is 0. The second-order valence-corrected chi connectivity index (χ2v) is 5.98. The Labute approximate surface area is 130 Å². The van der Waals surface area contributed by atoms with E-state index in [0.717, 1.165) is 24.5 Å². The Kier molecular flexibility index (Phi) is 9.61. The van der Waals surface area contributed by atoms with Gasteiger partial charge in [-0.25, -0.2) is 4.98 Å². The van der Waals surface area contributed by atoms with Gasteiger partial charge in [-0.3, -0.25) is 0 Å². The summed E-state index contributed by atoms with van der Waals surface area (Å²) >= 11 is 0. The first kappa shape index (κ1) is 17.8.